The van der Waals surface area contributed by atoms with Crippen LogP contribution in [0.15, 0.2) is 0 Å². The van der Waals surface area contributed by atoms with Crippen molar-refractivity contribution in [1.82, 2.24) is 15.5 Å². The van der Waals surface area contributed by atoms with Gasteiger partial charge in [-0.2, -0.15) is 0 Å². The maximum Gasteiger partial charge on any atom is 0.318 e. The first-order chi connectivity index (χ1) is 8.04. The highest BCUT2D eigenvalue weighted by Gasteiger charge is 2.23. The number of hydrogen-bond donors (Lipinski definition) is 2. The van der Waals surface area contributed by atoms with Gasteiger partial charge in [0.25, 0.3) is 0 Å². The van der Waals surface area contributed by atoms with E-state index in [1.807, 2.05) is 6.92 Å². The molecule has 0 aromatic heterocycles. The van der Waals surface area contributed by atoms with Crippen LogP contribution in [0.4, 0.5) is 4.79 Å². The summed E-state index contributed by atoms with van der Waals surface area (Å²) in [5.74, 6) is 0.417. The van der Waals surface area contributed by atoms with Crippen LogP contribution >= 0.6 is 0 Å². The molecule has 1 rings (SSSR count). The first-order valence-electron chi connectivity index (χ1n) is 6.37. The van der Waals surface area contributed by atoms with E-state index in [-0.39, 0.29) is 11.9 Å². The van der Waals surface area contributed by atoms with E-state index in [2.05, 4.69) is 17.6 Å². The minimum absolute atomic E-state index is 0.129. The Labute approximate surface area is 103 Å². The van der Waals surface area contributed by atoms with Crippen LogP contribution in [-0.2, 0) is 4.79 Å². The van der Waals surface area contributed by atoms with Crippen molar-refractivity contribution < 1.29 is 9.59 Å². The predicted octanol–water partition coefficient (Wildman–Crippen LogP) is 0.952. The lowest BCUT2D eigenvalue weighted by Crippen LogP contribution is -2.51. The van der Waals surface area contributed by atoms with Gasteiger partial charge in [0.1, 0.15) is 6.04 Å². The lowest BCUT2D eigenvalue weighted by atomic mass is 10.0. The van der Waals surface area contributed by atoms with Gasteiger partial charge < -0.3 is 15.5 Å². The highest BCUT2D eigenvalue weighted by Crippen LogP contribution is 2.15. The molecule has 1 fully saturated rings. The number of likely N-dealkylation sites (tertiary alicyclic amines) is 1. The Hall–Kier alpha value is -1.26. The van der Waals surface area contributed by atoms with Crippen molar-refractivity contribution in [1.29, 1.82) is 0 Å². The van der Waals surface area contributed by atoms with Crippen LogP contribution in [0, 0.1) is 5.92 Å². The maximum absolute atomic E-state index is 11.9. The van der Waals surface area contributed by atoms with Gasteiger partial charge in [0.05, 0.1) is 0 Å². The number of piperidine rings is 1. The Morgan fingerprint density at radius 2 is 2.18 bits per heavy atom. The molecular weight excluding hydrogens is 218 g/mol. The lowest BCUT2D eigenvalue weighted by molar-refractivity contribution is -0.122. The molecule has 0 aromatic rings. The van der Waals surface area contributed by atoms with Crippen molar-refractivity contribution in [3.05, 3.63) is 0 Å². The molecule has 0 radical (unpaired) electrons. The van der Waals surface area contributed by atoms with Crippen molar-refractivity contribution >= 4 is 11.9 Å². The zero-order valence-electron chi connectivity index (χ0n) is 11.0. The van der Waals surface area contributed by atoms with Gasteiger partial charge in [0.2, 0.25) is 5.91 Å². The molecule has 2 atom stereocenters. The van der Waals surface area contributed by atoms with Crippen molar-refractivity contribution in [3.63, 3.8) is 0 Å². The Bertz CT molecular complexity index is 281. The second-order valence-electron chi connectivity index (χ2n) is 4.76. The number of carbonyl (C=O) groups excluding carboxylic acids is 2. The molecule has 0 saturated carbocycles. The van der Waals surface area contributed by atoms with E-state index in [0.717, 1.165) is 19.5 Å². The fraction of sp³-hybridized carbons (Fsp3) is 0.833. The number of nitrogens with one attached hydrogen (secondary N) is 2. The lowest BCUT2D eigenvalue weighted by Gasteiger charge is -2.31. The van der Waals surface area contributed by atoms with Crippen LogP contribution < -0.4 is 10.6 Å². The van der Waals surface area contributed by atoms with Crippen LogP contribution in [0.3, 0.4) is 0 Å². The van der Waals surface area contributed by atoms with Crippen molar-refractivity contribution in [2.24, 2.45) is 5.92 Å². The SMILES string of the molecule is CCNC(=O)C(C)NC(=O)N1CCCC(C)C1. The molecule has 5 nitrogen and oxygen atoms in total. The summed E-state index contributed by atoms with van der Waals surface area (Å²) in [6, 6.07) is -0.602. The van der Waals surface area contributed by atoms with E-state index < -0.39 is 6.04 Å². The molecule has 1 aliphatic heterocycles. The smallest absolute Gasteiger partial charge is 0.318 e. The summed E-state index contributed by atoms with van der Waals surface area (Å²) in [6.45, 7) is 7.87. The molecule has 0 aromatic carbocycles. The number of rotatable bonds is 3. The molecule has 0 bridgehead atoms. The Morgan fingerprint density at radius 1 is 1.47 bits per heavy atom. The van der Waals surface area contributed by atoms with E-state index >= 15 is 0 Å². The van der Waals surface area contributed by atoms with Crippen LogP contribution in [0.25, 0.3) is 0 Å². The number of urea groups is 1. The summed E-state index contributed by atoms with van der Waals surface area (Å²) in [7, 11) is 0. The van der Waals surface area contributed by atoms with Gasteiger partial charge in [-0.25, -0.2) is 4.79 Å². The average molecular weight is 241 g/mol. The number of hydrogen-bond acceptors (Lipinski definition) is 2. The molecular formula is C12H23N3O2. The Morgan fingerprint density at radius 3 is 2.76 bits per heavy atom. The minimum Gasteiger partial charge on any atom is -0.355 e. The summed E-state index contributed by atoms with van der Waals surface area (Å²) in [4.78, 5) is 25.2. The van der Waals surface area contributed by atoms with Gasteiger partial charge in [0.15, 0.2) is 0 Å². The molecule has 98 valence electrons. The second-order valence-corrected chi connectivity index (χ2v) is 4.76. The molecule has 1 heterocycles. The molecule has 17 heavy (non-hydrogen) atoms. The van der Waals surface area contributed by atoms with Crippen LogP contribution in [0.5, 0.6) is 0 Å². The van der Waals surface area contributed by atoms with E-state index in [1.165, 1.54) is 6.42 Å². The largest absolute Gasteiger partial charge is 0.355 e. The molecule has 0 spiro atoms. The van der Waals surface area contributed by atoms with Crippen molar-refractivity contribution in [3.8, 4) is 0 Å². The van der Waals surface area contributed by atoms with Gasteiger partial charge >= 0.3 is 6.03 Å². The van der Waals surface area contributed by atoms with E-state index in [0.29, 0.717) is 12.5 Å². The quantitative estimate of drug-likeness (QED) is 0.773. The minimum atomic E-state index is -0.473. The highest BCUT2D eigenvalue weighted by molar-refractivity contribution is 5.86. The number of likely N-dealkylation sites (N-methyl/N-ethyl adjacent to an activating group) is 1. The summed E-state index contributed by atoms with van der Waals surface area (Å²) < 4.78 is 0. The fourth-order valence-corrected chi connectivity index (χ4v) is 2.04. The molecule has 1 aliphatic rings. The Balaban J connectivity index is 2.40. The molecule has 2 N–H and O–H groups in total. The maximum atomic E-state index is 11.9. The number of amides is 3. The van der Waals surface area contributed by atoms with Gasteiger partial charge in [-0.1, -0.05) is 6.92 Å². The van der Waals surface area contributed by atoms with Crippen LogP contribution in [0.2, 0.25) is 0 Å². The highest BCUT2D eigenvalue weighted by atomic mass is 16.2. The van der Waals surface area contributed by atoms with E-state index in [4.69, 9.17) is 0 Å². The topological polar surface area (TPSA) is 61.4 Å². The standard InChI is InChI=1S/C12H23N3O2/c1-4-13-11(16)10(3)14-12(17)15-7-5-6-9(2)8-15/h9-10H,4-8H2,1-3H3,(H,13,16)(H,14,17). The molecule has 2 unspecified atom stereocenters. The molecule has 0 aliphatic carbocycles. The third kappa shape index (κ3) is 4.24. The number of nitrogens with zero attached hydrogens (tertiary/aromatic N) is 1. The summed E-state index contributed by atoms with van der Waals surface area (Å²) in [6.07, 6.45) is 2.22. The van der Waals surface area contributed by atoms with Gasteiger partial charge in [-0.05, 0) is 32.6 Å². The van der Waals surface area contributed by atoms with Gasteiger partial charge in [-0.3, -0.25) is 4.79 Å². The Kier molecular flexibility index (Phi) is 5.25. The average Bonchev–Trinajstić information content (AvgIpc) is 2.29. The molecule has 5 heteroatoms. The predicted molar refractivity (Wildman–Crippen MR) is 66.6 cm³/mol. The third-order valence-corrected chi connectivity index (χ3v) is 3.03. The van der Waals surface area contributed by atoms with Crippen molar-refractivity contribution in [2.75, 3.05) is 19.6 Å². The van der Waals surface area contributed by atoms with Gasteiger partial charge in [-0.15, -0.1) is 0 Å². The third-order valence-electron chi connectivity index (χ3n) is 3.03. The second kappa shape index (κ2) is 6.47. The number of carbonyl (C=O) groups is 2. The first-order valence-corrected chi connectivity index (χ1v) is 6.37. The van der Waals surface area contributed by atoms with Gasteiger partial charge in [0, 0.05) is 19.6 Å². The monoisotopic (exact) mass is 241 g/mol. The van der Waals surface area contributed by atoms with Crippen LogP contribution in [-0.4, -0.2) is 42.5 Å². The van der Waals surface area contributed by atoms with Crippen LogP contribution in [0.1, 0.15) is 33.6 Å². The molecule has 3 amide bonds. The van der Waals surface area contributed by atoms with Crippen molar-refractivity contribution in [2.45, 2.75) is 39.7 Å². The summed E-state index contributed by atoms with van der Waals surface area (Å²) in [5.41, 5.74) is 0. The fourth-order valence-electron chi connectivity index (χ4n) is 2.04. The normalized spacial score (nSPS) is 21.8. The van der Waals surface area contributed by atoms with E-state index in [9.17, 15) is 9.59 Å². The van der Waals surface area contributed by atoms with E-state index in [1.54, 1.807) is 11.8 Å². The summed E-state index contributed by atoms with van der Waals surface area (Å²) in [5, 5.41) is 5.42. The molecule has 1 saturated heterocycles. The summed E-state index contributed by atoms with van der Waals surface area (Å²) >= 11 is 0. The zero-order valence-corrected chi connectivity index (χ0v) is 11.0. The first kappa shape index (κ1) is 13.8. The zero-order chi connectivity index (χ0) is 12.8.